The lowest BCUT2D eigenvalue weighted by atomic mass is 10.1. The van der Waals surface area contributed by atoms with Crippen molar-refractivity contribution in [2.75, 3.05) is 39.6 Å². The Labute approximate surface area is 142 Å². The summed E-state index contributed by atoms with van der Waals surface area (Å²) in [5.41, 5.74) is 1.79. The second kappa shape index (κ2) is 8.26. The van der Waals surface area contributed by atoms with Gasteiger partial charge < -0.3 is 18.9 Å². The third kappa shape index (κ3) is 4.33. The van der Waals surface area contributed by atoms with E-state index in [0.717, 1.165) is 48.5 Å². The van der Waals surface area contributed by atoms with Crippen LogP contribution < -0.4 is 9.47 Å². The number of aryl methyl sites for hydroxylation is 2. The zero-order valence-corrected chi connectivity index (χ0v) is 14.3. The molecule has 24 heavy (non-hydrogen) atoms. The summed E-state index contributed by atoms with van der Waals surface area (Å²) in [5.74, 6) is 2.12. The quantitative estimate of drug-likeness (QED) is 0.739. The molecule has 0 bridgehead atoms. The maximum Gasteiger partial charge on any atom is 0.163 e. The summed E-state index contributed by atoms with van der Waals surface area (Å²) < 4.78 is 22.9. The van der Waals surface area contributed by atoms with Gasteiger partial charge in [-0.3, -0.25) is 0 Å². The van der Waals surface area contributed by atoms with Crippen LogP contribution in [0.2, 0.25) is 0 Å². The van der Waals surface area contributed by atoms with Crippen molar-refractivity contribution in [3.63, 3.8) is 0 Å². The number of nitrogens with zero attached hydrogens (tertiary/aromatic N) is 2. The van der Waals surface area contributed by atoms with Crippen molar-refractivity contribution in [1.29, 1.82) is 0 Å². The van der Waals surface area contributed by atoms with E-state index in [1.165, 1.54) is 0 Å². The zero-order valence-electron chi connectivity index (χ0n) is 14.3. The molecule has 0 spiro atoms. The standard InChI is InChI=1S/C18H24N2O4/c1-13-15-11-17-18(12-16(15)20-14(2)19-13)24-10-8-22-6-4-3-5-21-7-9-23-17/h11-12H,3-10H2,1-2H3. The molecule has 6 nitrogen and oxygen atoms in total. The van der Waals surface area contributed by atoms with E-state index >= 15 is 0 Å². The molecule has 1 aromatic heterocycles. The summed E-state index contributed by atoms with van der Waals surface area (Å²) in [6, 6.07) is 3.87. The highest BCUT2D eigenvalue weighted by Gasteiger charge is 2.12. The van der Waals surface area contributed by atoms with Crippen molar-refractivity contribution in [3.8, 4) is 11.5 Å². The van der Waals surface area contributed by atoms with Crippen LogP contribution in [0.5, 0.6) is 11.5 Å². The molecular formula is C18H24N2O4. The first-order valence-corrected chi connectivity index (χ1v) is 8.44. The van der Waals surface area contributed by atoms with E-state index in [4.69, 9.17) is 18.9 Å². The highest BCUT2D eigenvalue weighted by Crippen LogP contribution is 2.33. The Kier molecular flexibility index (Phi) is 5.82. The summed E-state index contributed by atoms with van der Waals surface area (Å²) in [7, 11) is 0. The Bertz CT molecular complexity index is 690. The van der Waals surface area contributed by atoms with Crippen LogP contribution in [0.25, 0.3) is 10.9 Å². The number of hydrogen-bond donors (Lipinski definition) is 0. The number of ether oxygens (including phenoxy) is 4. The lowest BCUT2D eigenvalue weighted by Crippen LogP contribution is -2.12. The van der Waals surface area contributed by atoms with E-state index in [2.05, 4.69) is 9.97 Å². The summed E-state index contributed by atoms with van der Waals surface area (Å²) >= 11 is 0. The molecule has 0 radical (unpaired) electrons. The fourth-order valence-electron chi connectivity index (χ4n) is 2.69. The molecule has 3 rings (SSSR count). The van der Waals surface area contributed by atoms with Crippen molar-refractivity contribution in [2.45, 2.75) is 26.7 Å². The third-order valence-electron chi connectivity index (χ3n) is 3.86. The minimum Gasteiger partial charge on any atom is -0.487 e. The van der Waals surface area contributed by atoms with Crippen molar-refractivity contribution >= 4 is 10.9 Å². The normalized spacial score (nSPS) is 17.4. The molecule has 0 unspecified atom stereocenters. The molecule has 0 fully saturated rings. The van der Waals surface area contributed by atoms with Crippen molar-refractivity contribution in [3.05, 3.63) is 23.7 Å². The maximum atomic E-state index is 5.88. The molecule has 0 aliphatic carbocycles. The molecule has 0 amide bonds. The van der Waals surface area contributed by atoms with Crippen molar-refractivity contribution < 1.29 is 18.9 Å². The van der Waals surface area contributed by atoms with E-state index < -0.39 is 0 Å². The minimum atomic E-state index is 0.488. The number of rotatable bonds is 0. The Balaban J connectivity index is 1.87. The third-order valence-corrected chi connectivity index (χ3v) is 3.86. The van der Waals surface area contributed by atoms with Gasteiger partial charge >= 0.3 is 0 Å². The molecule has 130 valence electrons. The van der Waals surface area contributed by atoms with Crippen LogP contribution in [-0.4, -0.2) is 49.6 Å². The van der Waals surface area contributed by atoms with Crippen molar-refractivity contribution in [1.82, 2.24) is 9.97 Å². The van der Waals surface area contributed by atoms with E-state index in [9.17, 15) is 0 Å². The predicted molar refractivity (Wildman–Crippen MR) is 90.9 cm³/mol. The first-order valence-electron chi connectivity index (χ1n) is 8.44. The number of fused-ring (bicyclic) bond motifs is 2. The van der Waals surface area contributed by atoms with Gasteiger partial charge in [-0.05, 0) is 32.8 Å². The molecule has 0 N–H and O–H groups in total. The van der Waals surface area contributed by atoms with E-state index in [0.29, 0.717) is 37.9 Å². The van der Waals surface area contributed by atoms with Crippen LogP contribution in [-0.2, 0) is 9.47 Å². The summed E-state index contributed by atoms with van der Waals surface area (Å²) in [4.78, 5) is 8.92. The van der Waals surface area contributed by atoms with Gasteiger partial charge in [-0.25, -0.2) is 9.97 Å². The molecule has 2 aromatic rings. The lowest BCUT2D eigenvalue weighted by Gasteiger charge is -2.16. The smallest absolute Gasteiger partial charge is 0.163 e. The summed E-state index contributed by atoms with van der Waals surface area (Å²) in [6.07, 6.45) is 2.00. The van der Waals surface area contributed by atoms with Crippen LogP contribution in [0.3, 0.4) is 0 Å². The molecule has 0 saturated heterocycles. The molecule has 2 heterocycles. The number of benzene rings is 1. The molecule has 1 aliphatic rings. The van der Waals surface area contributed by atoms with Gasteiger partial charge in [-0.15, -0.1) is 0 Å². The van der Waals surface area contributed by atoms with Crippen LogP contribution >= 0.6 is 0 Å². The van der Waals surface area contributed by atoms with Crippen LogP contribution in [0.15, 0.2) is 12.1 Å². The molecule has 1 aromatic carbocycles. The zero-order chi connectivity index (χ0) is 16.8. The monoisotopic (exact) mass is 332 g/mol. The molecule has 0 saturated carbocycles. The minimum absolute atomic E-state index is 0.488. The van der Waals surface area contributed by atoms with E-state index in [1.807, 2.05) is 26.0 Å². The SMILES string of the molecule is Cc1nc(C)c2cc3c(cc2n1)OCCOCCCCOCCO3. The first-order chi connectivity index (χ1) is 11.7. The van der Waals surface area contributed by atoms with Gasteiger partial charge in [0.1, 0.15) is 19.0 Å². The van der Waals surface area contributed by atoms with Gasteiger partial charge in [0.2, 0.25) is 0 Å². The van der Waals surface area contributed by atoms with Gasteiger partial charge in [0.05, 0.1) is 18.7 Å². The fraction of sp³-hybridized carbons (Fsp3) is 0.556. The molecule has 1 aliphatic heterocycles. The predicted octanol–water partition coefficient (Wildman–Crippen LogP) is 2.83. The van der Waals surface area contributed by atoms with Crippen LogP contribution in [0.4, 0.5) is 0 Å². The lowest BCUT2D eigenvalue weighted by molar-refractivity contribution is 0.0687. The van der Waals surface area contributed by atoms with Crippen LogP contribution in [0, 0.1) is 13.8 Å². The molecule has 6 heteroatoms. The highest BCUT2D eigenvalue weighted by molar-refractivity contribution is 5.84. The largest absolute Gasteiger partial charge is 0.487 e. The summed E-state index contributed by atoms with van der Waals surface area (Å²) in [6.45, 7) is 7.43. The van der Waals surface area contributed by atoms with Gasteiger partial charge in [0.15, 0.2) is 11.5 Å². The molecule has 0 atom stereocenters. The molecular weight excluding hydrogens is 308 g/mol. The Morgan fingerprint density at radius 2 is 1.38 bits per heavy atom. The number of hydrogen-bond acceptors (Lipinski definition) is 6. The second-order valence-electron chi connectivity index (χ2n) is 5.80. The maximum absolute atomic E-state index is 5.88. The average molecular weight is 332 g/mol. The first kappa shape index (κ1) is 16.9. The average Bonchev–Trinajstić information content (AvgIpc) is 2.55. The van der Waals surface area contributed by atoms with Gasteiger partial charge in [0.25, 0.3) is 0 Å². The van der Waals surface area contributed by atoms with Gasteiger partial charge in [-0.2, -0.15) is 0 Å². The topological polar surface area (TPSA) is 62.7 Å². The Morgan fingerprint density at radius 3 is 2.04 bits per heavy atom. The van der Waals surface area contributed by atoms with Crippen LogP contribution in [0.1, 0.15) is 24.4 Å². The Hall–Kier alpha value is -1.92. The van der Waals surface area contributed by atoms with Crippen molar-refractivity contribution in [2.24, 2.45) is 0 Å². The second-order valence-corrected chi connectivity index (χ2v) is 5.80. The fourth-order valence-corrected chi connectivity index (χ4v) is 2.69. The van der Waals surface area contributed by atoms with E-state index in [1.54, 1.807) is 0 Å². The summed E-state index contributed by atoms with van der Waals surface area (Å²) in [5, 5.41) is 0.973. The van der Waals surface area contributed by atoms with Gasteiger partial charge in [0, 0.05) is 30.4 Å². The Morgan fingerprint density at radius 1 is 0.750 bits per heavy atom. The van der Waals surface area contributed by atoms with E-state index in [-0.39, 0.29) is 0 Å². The highest BCUT2D eigenvalue weighted by atomic mass is 16.6. The van der Waals surface area contributed by atoms with Gasteiger partial charge in [-0.1, -0.05) is 0 Å². The number of aromatic nitrogens is 2.